The minimum atomic E-state index is 0.428. The van der Waals surface area contributed by atoms with E-state index in [9.17, 15) is 0 Å². The van der Waals surface area contributed by atoms with Gasteiger partial charge in [-0.25, -0.2) is 9.07 Å². The highest BCUT2D eigenvalue weighted by Gasteiger charge is 2.04. The van der Waals surface area contributed by atoms with E-state index < -0.39 is 0 Å². The second-order valence-electron chi connectivity index (χ2n) is 2.02. The van der Waals surface area contributed by atoms with Crippen LogP contribution in [0.5, 0.6) is 0 Å². The summed E-state index contributed by atoms with van der Waals surface area (Å²) in [6.45, 7) is 0.597. The molecule has 0 N–H and O–H groups in total. The van der Waals surface area contributed by atoms with Crippen molar-refractivity contribution >= 4 is 23.4 Å². The van der Waals surface area contributed by atoms with Crippen LogP contribution in [0.1, 0.15) is 5.82 Å². The molecule has 1 rings (SSSR count). The van der Waals surface area contributed by atoms with Crippen molar-refractivity contribution in [1.29, 1.82) is 0 Å². The van der Waals surface area contributed by atoms with E-state index in [1.54, 1.807) is 7.11 Å². The Morgan fingerprint density at radius 2 is 2.45 bits per heavy atom. The van der Waals surface area contributed by atoms with Crippen LogP contribution in [0.3, 0.4) is 0 Å². The summed E-state index contributed by atoms with van der Waals surface area (Å²) in [5.41, 5.74) is 0. The normalized spacial score (nSPS) is 10.5. The lowest BCUT2D eigenvalue weighted by molar-refractivity contribution is 0.200. The molecular formula is C6H8Cl2N2O. The Kier molecular flexibility index (Phi) is 3.17. The van der Waals surface area contributed by atoms with Gasteiger partial charge in [0.1, 0.15) is 11.0 Å². The van der Waals surface area contributed by atoms with Gasteiger partial charge in [0, 0.05) is 25.3 Å². The maximum Gasteiger partial charge on any atom is 0.144 e. The third-order valence-corrected chi connectivity index (χ3v) is 1.99. The van der Waals surface area contributed by atoms with Gasteiger partial charge in [0.2, 0.25) is 0 Å². The molecule has 0 aliphatic carbocycles. The number of nitrogens with zero attached hydrogens (tertiary/aromatic N) is 2. The number of aromatic nitrogens is 2. The Morgan fingerprint density at radius 3 is 2.91 bits per heavy atom. The van der Waals surface area contributed by atoms with E-state index in [-0.39, 0.29) is 0 Å². The first-order chi connectivity index (χ1) is 5.25. The van der Waals surface area contributed by atoms with Crippen LogP contribution in [0.2, 0.25) is 5.15 Å². The predicted octanol–water partition coefficient (Wildman–Crippen LogP) is 1.73. The molecule has 0 saturated heterocycles. The topological polar surface area (TPSA) is 27.1 Å². The van der Waals surface area contributed by atoms with Crippen LogP contribution in [0.4, 0.5) is 0 Å². The molecule has 62 valence electrons. The Hall–Kier alpha value is -0.250. The van der Waals surface area contributed by atoms with Gasteiger partial charge in [-0.05, 0) is 0 Å². The highest BCUT2D eigenvalue weighted by molar-refractivity contribution is 6.33. The number of rotatable bonds is 3. The fourth-order valence-corrected chi connectivity index (χ4v) is 1.03. The summed E-state index contributed by atoms with van der Waals surface area (Å²) >= 11 is 11.3. The number of hydrogen-bond acceptors (Lipinski definition) is 2. The molecule has 0 saturated carbocycles. The molecule has 0 amide bonds. The maximum atomic E-state index is 5.71. The lowest BCUT2D eigenvalue weighted by atomic mass is 10.4. The standard InChI is InChI=1S/C6H8Cl2N2O/c1-11-3-2-6-9-4-5(7)10(6)8/h4H,2-3H2,1H3. The van der Waals surface area contributed by atoms with E-state index in [0.717, 1.165) is 5.82 Å². The quantitative estimate of drug-likeness (QED) is 0.734. The highest BCUT2D eigenvalue weighted by Crippen LogP contribution is 2.13. The Labute approximate surface area is 75.0 Å². The van der Waals surface area contributed by atoms with Crippen molar-refractivity contribution in [1.82, 2.24) is 9.07 Å². The summed E-state index contributed by atoms with van der Waals surface area (Å²) in [5.74, 6) is 0.721. The average molecular weight is 195 g/mol. The van der Waals surface area contributed by atoms with Gasteiger partial charge in [-0.15, -0.1) is 0 Å². The number of halogens is 2. The van der Waals surface area contributed by atoms with Gasteiger partial charge >= 0.3 is 0 Å². The summed E-state index contributed by atoms with van der Waals surface area (Å²) in [5, 5.41) is 0.428. The molecule has 0 aromatic carbocycles. The largest absolute Gasteiger partial charge is 0.384 e. The van der Waals surface area contributed by atoms with Crippen LogP contribution in [-0.4, -0.2) is 22.8 Å². The number of imidazole rings is 1. The van der Waals surface area contributed by atoms with E-state index in [1.807, 2.05) is 0 Å². The molecule has 0 unspecified atom stereocenters. The molecule has 1 aromatic rings. The molecule has 1 heterocycles. The molecule has 1 aromatic heterocycles. The number of methoxy groups -OCH3 is 1. The molecule has 0 aliphatic heterocycles. The van der Waals surface area contributed by atoms with Gasteiger partial charge in [-0.1, -0.05) is 11.6 Å². The van der Waals surface area contributed by atoms with E-state index in [0.29, 0.717) is 18.2 Å². The molecule has 0 radical (unpaired) electrons. The predicted molar refractivity (Wildman–Crippen MR) is 44.1 cm³/mol. The Balaban J connectivity index is 2.63. The van der Waals surface area contributed by atoms with Gasteiger partial charge in [-0.2, -0.15) is 0 Å². The van der Waals surface area contributed by atoms with Crippen molar-refractivity contribution in [3.05, 3.63) is 17.2 Å². The van der Waals surface area contributed by atoms with E-state index >= 15 is 0 Å². The first-order valence-electron chi connectivity index (χ1n) is 3.13. The third-order valence-electron chi connectivity index (χ3n) is 1.26. The van der Waals surface area contributed by atoms with Crippen LogP contribution in [0.15, 0.2) is 6.20 Å². The first kappa shape index (κ1) is 8.84. The van der Waals surface area contributed by atoms with Crippen molar-refractivity contribution in [2.75, 3.05) is 13.7 Å². The minimum Gasteiger partial charge on any atom is -0.384 e. The molecule has 11 heavy (non-hydrogen) atoms. The second-order valence-corrected chi connectivity index (χ2v) is 2.75. The molecule has 0 spiro atoms. The zero-order chi connectivity index (χ0) is 8.27. The second kappa shape index (κ2) is 3.95. The number of ether oxygens (including phenoxy) is 1. The lowest BCUT2D eigenvalue weighted by Crippen LogP contribution is -1.99. The van der Waals surface area contributed by atoms with Crippen molar-refractivity contribution in [2.24, 2.45) is 0 Å². The van der Waals surface area contributed by atoms with Crippen LogP contribution in [-0.2, 0) is 11.2 Å². The zero-order valence-corrected chi connectivity index (χ0v) is 7.56. The minimum absolute atomic E-state index is 0.428. The van der Waals surface area contributed by atoms with Crippen molar-refractivity contribution < 1.29 is 4.74 Å². The third kappa shape index (κ3) is 2.09. The zero-order valence-electron chi connectivity index (χ0n) is 6.05. The van der Waals surface area contributed by atoms with Gasteiger partial charge in [0.25, 0.3) is 0 Å². The van der Waals surface area contributed by atoms with E-state index in [1.165, 1.54) is 10.3 Å². The van der Waals surface area contributed by atoms with Crippen molar-refractivity contribution in [3.63, 3.8) is 0 Å². The molecule has 0 fully saturated rings. The van der Waals surface area contributed by atoms with Crippen LogP contribution >= 0.6 is 23.4 Å². The maximum absolute atomic E-state index is 5.71. The van der Waals surface area contributed by atoms with Gasteiger partial charge < -0.3 is 4.74 Å². The monoisotopic (exact) mass is 194 g/mol. The van der Waals surface area contributed by atoms with Crippen LogP contribution < -0.4 is 0 Å². The van der Waals surface area contributed by atoms with Crippen molar-refractivity contribution in [3.8, 4) is 0 Å². The molecular weight excluding hydrogens is 187 g/mol. The fraction of sp³-hybridized carbons (Fsp3) is 0.500. The van der Waals surface area contributed by atoms with Gasteiger partial charge in [0.15, 0.2) is 0 Å². The summed E-state index contributed by atoms with van der Waals surface area (Å²) in [7, 11) is 1.63. The number of hydrogen-bond donors (Lipinski definition) is 0. The van der Waals surface area contributed by atoms with Crippen molar-refractivity contribution in [2.45, 2.75) is 6.42 Å². The summed E-state index contributed by atoms with van der Waals surface area (Å²) in [6.07, 6.45) is 2.19. The molecule has 0 atom stereocenters. The molecule has 0 aliphatic rings. The molecule has 3 nitrogen and oxygen atoms in total. The van der Waals surface area contributed by atoms with Gasteiger partial charge in [0.05, 0.1) is 12.8 Å². The lowest BCUT2D eigenvalue weighted by Gasteiger charge is -1.97. The van der Waals surface area contributed by atoms with E-state index in [2.05, 4.69) is 4.98 Å². The SMILES string of the molecule is COCCc1ncc(Cl)n1Cl. The molecule has 0 bridgehead atoms. The average Bonchev–Trinajstić information content (AvgIpc) is 2.31. The van der Waals surface area contributed by atoms with Crippen LogP contribution in [0.25, 0.3) is 0 Å². The summed E-state index contributed by atoms with van der Waals surface area (Å²) < 4.78 is 6.17. The fourth-order valence-electron chi connectivity index (χ4n) is 0.709. The highest BCUT2D eigenvalue weighted by atomic mass is 35.5. The summed E-state index contributed by atoms with van der Waals surface area (Å²) in [6, 6.07) is 0. The van der Waals surface area contributed by atoms with E-state index in [4.69, 9.17) is 28.1 Å². The molecule has 5 heteroatoms. The first-order valence-corrected chi connectivity index (χ1v) is 3.84. The van der Waals surface area contributed by atoms with Crippen LogP contribution in [0, 0.1) is 0 Å². The Bertz CT molecular complexity index is 236. The van der Waals surface area contributed by atoms with Gasteiger partial charge in [-0.3, -0.25) is 0 Å². The smallest absolute Gasteiger partial charge is 0.144 e. The Morgan fingerprint density at radius 1 is 1.73 bits per heavy atom. The summed E-state index contributed by atoms with van der Waals surface area (Å²) in [4.78, 5) is 3.97.